The molecule has 0 heterocycles. The van der Waals surface area contributed by atoms with Crippen LogP contribution in [0, 0.1) is 11.8 Å². The first-order valence-corrected chi connectivity index (χ1v) is 6.38. The third-order valence-electron chi connectivity index (χ3n) is 3.00. The number of hydrogen-bond acceptors (Lipinski definition) is 1. The molecule has 1 nitrogen and oxygen atoms in total. The van der Waals surface area contributed by atoms with Crippen molar-refractivity contribution in [1.29, 1.82) is 0 Å². The molecule has 0 aliphatic heterocycles. The first-order chi connectivity index (χ1) is 6.65. The van der Waals surface area contributed by atoms with E-state index in [1.165, 1.54) is 32.2 Å². The SMILES string of the molecule is CCCNC(CC(C)C)C(CC)CC. The molecule has 0 aromatic carbocycles. The number of nitrogens with one attached hydrogen (secondary N) is 1. The molecule has 0 aliphatic rings. The van der Waals surface area contributed by atoms with Gasteiger partial charge in [0.05, 0.1) is 0 Å². The lowest BCUT2D eigenvalue weighted by molar-refractivity contribution is 0.291. The van der Waals surface area contributed by atoms with Gasteiger partial charge in [0, 0.05) is 6.04 Å². The molecular weight excluding hydrogens is 170 g/mol. The Balaban J connectivity index is 4.06. The van der Waals surface area contributed by atoms with Gasteiger partial charge in [0.15, 0.2) is 0 Å². The fourth-order valence-electron chi connectivity index (χ4n) is 2.14. The van der Waals surface area contributed by atoms with Crippen LogP contribution >= 0.6 is 0 Å². The van der Waals surface area contributed by atoms with E-state index >= 15 is 0 Å². The second-order valence-electron chi connectivity index (χ2n) is 4.77. The summed E-state index contributed by atoms with van der Waals surface area (Å²) in [6.07, 6.45) is 5.19. The molecule has 1 unspecified atom stereocenters. The normalized spacial score (nSPS) is 13.9. The van der Waals surface area contributed by atoms with Gasteiger partial charge >= 0.3 is 0 Å². The zero-order valence-corrected chi connectivity index (χ0v) is 10.8. The summed E-state index contributed by atoms with van der Waals surface area (Å²) < 4.78 is 0. The fraction of sp³-hybridized carbons (Fsp3) is 1.00. The van der Waals surface area contributed by atoms with Gasteiger partial charge in [-0.2, -0.15) is 0 Å². The van der Waals surface area contributed by atoms with Crippen LogP contribution in [-0.2, 0) is 0 Å². The van der Waals surface area contributed by atoms with Crippen LogP contribution in [0.25, 0.3) is 0 Å². The van der Waals surface area contributed by atoms with E-state index in [4.69, 9.17) is 0 Å². The van der Waals surface area contributed by atoms with Gasteiger partial charge in [-0.25, -0.2) is 0 Å². The molecule has 0 aromatic rings. The Labute approximate surface area is 90.7 Å². The van der Waals surface area contributed by atoms with Crippen molar-refractivity contribution in [3.8, 4) is 0 Å². The highest BCUT2D eigenvalue weighted by molar-refractivity contribution is 4.75. The average Bonchev–Trinajstić information content (AvgIpc) is 2.15. The molecule has 0 spiro atoms. The topological polar surface area (TPSA) is 12.0 Å². The number of hydrogen-bond donors (Lipinski definition) is 1. The van der Waals surface area contributed by atoms with Gasteiger partial charge in [-0.05, 0) is 31.2 Å². The van der Waals surface area contributed by atoms with Crippen molar-refractivity contribution in [2.75, 3.05) is 6.54 Å². The van der Waals surface area contributed by atoms with Crippen LogP contribution in [0.1, 0.15) is 60.3 Å². The second kappa shape index (κ2) is 8.28. The van der Waals surface area contributed by atoms with Crippen molar-refractivity contribution >= 4 is 0 Å². The highest BCUT2D eigenvalue weighted by Crippen LogP contribution is 2.19. The Morgan fingerprint density at radius 3 is 1.93 bits per heavy atom. The number of rotatable bonds is 8. The summed E-state index contributed by atoms with van der Waals surface area (Å²) in [5, 5.41) is 3.70. The lowest BCUT2D eigenvalue weighted by Crippen LogP contribution is -2.37. The van der Waals surface area contributed by atoms with Crippen LogP contribution in [-0.4, -0.2) is 12.6 Å². The Hall–Kier alpha value is -0.0400. The molecule has 0 fully saturated rings. The maximum absolute atomic E-state index is 3.70. The van der Waals surface area contributed by atoms with E-state index in [0.717, 1.165) is 17.9 Å². The third kappa shape index (κ3) is 5.64. The zero-order chi connectivity index (χ0) is 11.0. The van der Waals surface area contributed by atoms with Crippen LogP contribution in [0.15, 0.2) is 0 Å². The Morgan fingerprint density at radius 1 is 1.00 bits per heavy atom. The van der Waals surface area contributed by atoms with Crippen molar-refractivity contribution in [1.82, 2.24) is 5.32 Å². The monoisotopic (exact) mass is 199 g/mol. The Kier molecular flexibility index (Phi) is 8.26. The van der Waals surface area contributed by atoms with Crippen molar-refractivity contribution in [2.24, 2.45) is 11.8 Å². The molecule has 0 saturated heterocycles. The molecule has 1 heteroatoms. The largest absolute Gasteiger partial charge is 0.314 e. The molecule has 0 radical (unpaired) electrons. The van der Waals surface area contributed by atoms with Crippen LogP contribution in [0.2, 0.25) is 0 Å². The van der Waals surface area contributed by atoms with Gasteiger partial charge in [0.1, 0.15) is 0 Å². The first kappa shape index (κ1) is 14.0. The molecule has 0 aliphatic carbocycles. The molecule has 0 aromatic heterocycles. The minimum Gasteiger partial charge on any atom is -0.314 e. The van der Waals surface area contributed by atoms with Crippen molar-refractivity contribution < 1.29 is 0 Å². The highest BCUT2D eigenvalue weighted by atomic mass is 14.9. The van der Waals surface area contributed by atoms with E-state index in [9.17, 15) is 0 Å². The zero-order valence-electron chi connectivity index (χ0n) is 10.8. The summed E-state index contributed by atoms with van der Waals surface area (Å²) in [6, 6.07) is 0.741. The van der Waals surface area contributed by atoms with E-state index < -0.39 is 0 Å². The minimum atomic E-state index is 0.741. The van der Waals surface area contributed by atoms with Gasteiger partial charge in [-0.15, -0.1) is 0 Å². The van der Waals surface area contributed by atoms with Gasteiger partial charge in [-0.3, -0.25) is 0 Å². The summed E-state index contributed by atoms with van der Waals surface area (Å²) in [4.78, 5) is 0. The summed E-state index contributed by atoms with van der Waals surface area (Å²) >= 11 is 0. The van der Waals surface area contributed by atoms with E-state index in [0.29, 0.717) is 0 Å². The third-order valence-corrected chi connectivity index (χ3v) is 3.00. The lowest BCUT2D eigenvalue weighted by atomic mass is 9.88. The quantitative estimate of drug-likeness (QED) is 0.626. The summed E-state index contributed by atoms with van der Waals surface area (Å²) in [6.45, 7) is 12.7. The minimum absolute atomic E-state index is 0.741. The van der Waals surface area contributed by atoms with Crippen molar-refractivity contribution in [2.45, 2.75) is 66.3 Å². The molecule has 0 saturated carbocycles. The second-order valence-corrected chi connectivity index (χ2v) is 4.77. The molecule has 0 rings (SSSR count). The Bertz CT molecular complexity index is 116. The standard InChI is InChI=1S/C13H29N/c1-6-9-14-13(10-11(4)5)12(7-2)8-3/h11-14H,6-10H2,1-5H3. The van der Waals surface area contributed by atoms with Crippen LogP contribution < -0.4 is 5.32 Å². The molecule has 0 bridgehead atoms. The molecule has 0 amide bonds. The maximum Gasteiger partial charge on any atom is 0.00975 e. The fourth-order valence-corrected chi connectivity index (χ4v) is 2.14. The lowest BCUT2D eigenvalue weighted by Gasteiger charge is -2.28. The van der Waals surface area contributed by atoms with Gasteiger partial charge in [0.25, 0.3) is 0 Å². The summed E-state index contributed by atoms with van der Waals surface area (Å²) in [5.74, 6) is 1.67. The molecular formula is C13H29N. The summed E-state index contributed by atoms with van der Waals surface area (Å²) in [5.41, 5.74) is 0. The van der Waals surface area contributed by atoms with Crippen LogP contribution in [0.3, 0.4) is 0 Å². The average molecular weight is 199 g/mol. The molecule has 1 N–H and O–H groups in total. The van der Waals surface area contributed by atoms with Crippen LogP contribution in [0.4, 0.5) is 0 Å². The van der Waals surface area contributed by atoms with E-state index in [-0.39, 0.29) is 0 Å². The van der Waals surface area contributed by atoms with E-state index in [2.05, 4.69) is 39.9 Å². The van der Waals surface area contributed by atoms with E-state index in [1.54, 1.807) is 0 Å². The van der Waals surface area contributed by atoms with Crippen LogP contribution in [0.5, 0.6) is 0 Å². The predicted molar refractivity (Wildman–Crippen MR) is 65.6 cm³/mol. The first-order valence-electron chi connectivity index (χ1n) is 6.38. The van der Waals surface area contributed by atoms with Crippen molar-refractivity contribution in [3.05, 3.63) is 0 Å². The molecule has 14 heavy (non-hydrogen) atoms. The highest BCUT2D eigenvalue weighted by Gasteiger charge is 2.18. The molecule has 86 valence electrons. The smallest absolute Gasteiger partial charge is 0.00975 e. The Morgan fingerprint density at radius 2 is 1.57 bits per heavy atom. The maximum atomic E-state index is 3.70. The summed E-state index contributed by atoms with van der Waals surface area (Å²) in [7, 11) is 0. The van der Waals surface area contributed by atoms with Gasteiger partial charge < -0.3 is 5.32 Å². The van der Waals surface area contributed by atoms with Crippen molar-refractivity contribution in [3.63, 3.8) is 0 Å². The van der Waals surface area contributed by atoms with Gasteiger partial charge in [0.2, 0.25) is 0 Å². The van der Waals surface area contributed by atoms with E-state index in [1.807, 2.05) is 0 Å². The predicted octanol–water partition coefficient (Wildman–Crippen LogP) is 3.84. The van der Waals surface area contributed by atoms with Gasteiger partial charge in [-0.1, -0.05) is 47.5 Å². The molecule has 1 atom stereocenters.